The van der Waals surface area contributed by atoms with Crippen molar-refractivity contribution in [3.63, 3.8) is 0 Å². The molecule has 0 unspecified atom stereocenters. The van der Waals surface area contributed by atoms with E-state index in [1.165, 1.54) is 6.92 Å². The number of nitrogens with zero attached hydrogens (tertiary/aromatic N) is 2. The minimum atomic E-state index is -1.54. The fraction of sp³-hybridized carbons (Fsp3) is 0.214. The average Bonchev–Trinajstić information content (AvgIpc) is 2.86. The topological polar surface area (TPSA) is 104 Å². The van der Waals surface area contributed by atoms with E-state index in [1.807, 2.05) is 0 Å². The number of benzene rings is 1. The molecule has 1 aromatic heterocycles. The molecule has 0 aliphatic carbocycles. The first-order chi connectivity index (χ1) is 10.4. The van der Waals surface area contributed by atoms with E-state index in [0.29, 0.717) is 5.69 Å². The van der Waals surface area contributed by atoms with Gasteiger partial charge in [-0.05, 0) is 19.1 Å². The summed E-state index contributed by atoms with van der Waals surface area (Å²) < 4.78 is 15.2. The largest absolute Gasteiger partial charge is 0.480 e. The van der Waals surface area contributed by atoms with E-state index in [-0.39, 0.29) is 0 Å². The molecule has 22 heavy (non-hydrogen) atoms. The van der Waals surface area contributed by atoms with Gasteiger partial charge in [-0.1, -0.05) is 18.2 Å². The van der Waals surface area contributed by atoms with Crippen LogP contribution >= 0.6 is 0 Å². The highest BCUT2D eigenvalue weighted by atomic mass is 19.1. The van der Waals surface area contributed by atoms with Gasteiger partial charge in [-0.2, -0.15) is 9.49 Å². The van der Waals surface area contributed by atoms with Crippen LogP contribution in [0.5, 0.6) is 0 Å². The van der Waals surface area contributed by atoms with Crippen molar-refractivity contribution >= 4 is 11.9 Å². The number of carboxylic acids is 1. The number of amides is 1. The number of carboxylic acid groups (broad SMARTS) is 1. The van der Waals surface area contributed by atoms with Gasteiger partial charge in [0.05, 0.1) is 18.0 Å². The van der Waals surface area contributed by atoms with Crippen LogP contribution in [0.4, 0.5) is 4.39 Å². The highest BCUT2D eigenvalue weighted by Crippen LogP contribution is 2.13. The van der Waals surface area contributed by atoms with E-state index in [0.717, 1.165) is 10.9 Å². The highest BCUT2D eigenvalue weighted by Gasteiger charge is 2.28. The number of hydrogen-bond acceptors (Lipinski definition) is 4. The summed E-state index contributed by atoms with van der Waals surface area (Å²) in [7, 11) is 0. The Hall–Kier alpha value is -2.74. The van der Waals surface area contributed by atoms with Gasteiger partial charge in [0.25, 0.3) is 5.91 Å². The van der Waals surface area contributed by atoms with E-state index >= 15 is 0 Å². The Morgan fingerprint density at radius 3 is 2.50 bits per heavy atom. The monoisotopic (exact) mass is 307 g/mol. The van der Waals surface area contributed by atoms with Crippen LogP contribution in [0.15, 0.2) is 36.5 Å². The molecular formula is C14H14FN3O4. The second-order valence-electron chi connectivity index (χ2n) is 4.63. The molecule has 0 saturated heterocycles. The third kappa shape index (κ3) is 3.12. The SMILES string of the molecule is C[C@@H](O)[C@H](NC(=O)c1cnn(-c2ccccc2)c1F)C(=O)O. The van der Waals surface area contributed by atoms with Gasteiger partial charge in [-0.25, -0.2) is 9.48 Å². The number of para-hydroxylation sites is 1. The average molecular weight is 307 g/mol. The number of halogens is 1. The summed E-state index contributed by atoms with van der Waals surface area (Å²) in [5, 5.41) is 24.1. The summed E-state index contributed by atoms with van der Waals surface area (Å²) in [6, 6.07) is 6.79. The van der Waals surface area contributed by atoms with Gasteiger partial charge in [0.15, 0.2) is 6.04 Å². The van der Waals surface area contributed by atoms with Gasteiger partial charge in [0.2, 0.25) is 5.95 Å². The van der Waals surface area contributed by atoms with Gasteiger partial charge < -0.3 is 15.5 Å². The number of aliphatic hydroxyl groups excluding tert-OH is 1. The normalized spacial score (nSPS) is 13.4. The number of aliphatic carboxylic acids is 1. The molecule has 0 bridgehead atoms. The third-order valence-corrected chi connectivity index (χ3v) is 2.99. The van der Waals surface area contributed by atoms with Crippen LogP contribution in [0.3, 0.4) is 0 Å². The maximum Gasteiger partial charge on any atom is 0.328 e. The molecule has 116 valence electrons. The molecule has 0 radical (unpaired) electrons. The smallest absolute Gasteiger partial charge is 0.328 e. The summed E-state index contributed by atoms with van der Waals surface area (Å²) in [6.07, 6.45) is -0.327. The lowest BCUT2D eigenvalue weighted by molar-refractivity contribution is -0.141. The lowest BCUT2D eigenvalue weighted by Gasteiger charge is -2.16. The van der Waals surface area contributed by atoms with Crippen molar-refractivity contribution in [1.29, 1.82) is 0 Å². The fourth-order valence-corrected chi connectivity index (χ4v) is 1.84. The molecule has 2 aromatic rings. The van der Waals surface area contributed by atoms with E-state index in [2.05, 4.69) is 10.4 Å². The zero-order chi connectivity index (χ0) is 16.3. The highest BCUT2D eigenvalue weighted by molar-refractivity contribution is 5.96. The first kappa shape index (κ1) is 15.6. The number of carbonyl (C=O) groups is 2. The molecule has 1 aromatic carbocycles. The Morgan fingerprint density at radius 2 is 1.95 bits per heavy atom. The molecule has 0 aliphatic heterocycles. The van der Waals surface area contributed by atoms with E-state index in [4.69, 9.17) is 5.11 Å². The second-order valence-corrected chi connectivity index (χ2v) is 4.63. The molecule has 2 rings (SSSR count). The summed E-state index contributed by atoms with van der Waals surface area (Å²) >= 11 is 0. The van der Waals surface area contributed by atoms with Gasteiger partial charge in [-0.3, -0.25) is 4.79 Å². The molecule has 8 heteroatoms. The van der Waals surface area contributed by atoms with Crippen LogP contribution in [0.2, 0.25) is 0 Å². The summed E-state index contributed by atoms with van der Waals surface area (Å²) in [6.45, 7) is 1.21. The lowest BCUT2D eigenvalue weighted by Crippen LogP contribution is -2.47. The quantitative estimate of drug-likeness (QED) is 0.749. The lowest BCUT2D eigenvalue weighted by atomic mass is 10.1. The molecule has 3 N–H and O–H groups in total. The molecule has 0 fully saturated rings. The predicted molar refractivity (Wildman–Crippen MR) is 74.1 cm³/mol. The number of aliphatic hydroxyl groups is 1. The Morgan fingerprint density at radius 1 is 1.32 bits per heavy atom. The zero-order valence-electron chi connectivity index (χ0n) is 11.6. The van der Waals surface area contributed by atoms with E-state index in [9.17, 15) is 19.1 Å². The summed E-state index contributed by atoms with van der Waals surface area (Å²) in [5.41, 5.74) is 0.0140. The standard InChI is InChI=1S/C14H14FN3O4/c1-8(19)11(14(21)22)17-13(20)10-7-16-18(12(10)15)9-5-3-2-4-6-9/h2-8,11,19H,1H3,(H,17,20)(H,21,22)/t8-,11+/m1/s1. The minimum absolute atomic E-state index is 0.407. The molecule has 2 atom stereocenters. The van der Waals surface area contributed by atoms with Crippen molar-refractivity contribution in [1.82, 2.24) is 15.1 Å². The molecule has 0 spiro atoms. The Labute approximate surface area is 125 Å². The van der Waals surface area contributed by atoms with Gasteiger partial charge in [0.1, 0.15) is 5.56 Å². The van der Waals surface area contributed by atoms with E-state index < -0.39 is 35.5 Å². The van der Waals surface area contributed by atoms with Gasteiger partial charge in [-0.15, -0.1) is 0 Å². The van der Waals surface area contributed by atoms with Crippen molar-refractivity contribution in [2.45, 2.75) is 19.1 Å². The summed E-state index contributed by atoms with van der Waals surface area (Å²) in [4.78, 5) is 22.9. The number of nitrogens with one attached hydrogen (secondary N) is 1. The molecule has 1 heterocycles. The van der Waals surface area contributed by atoms with Crippen LogP contribution in [0, 0.1) is 5.95 Å². The number of aromatic nitrogens is 2. The van der Waals surface area contributed by atoms with Crippen LogP contribution in [-0.2, 0) is 4.79 Å². The second kappa shape index (κ2) is 6.35. The van der Waals surface area contributed by atoms with Crippen molar-refractivity contribution in [2.75, 3.05) is 0 Å². The molecule has 1 amide bonds. The van der Waals surface area contributed by atoms with Gasteiger partial charge >= 0.3 is 5.97 Å². The number of hydrogen-bond donors (Lipinski definition) is 3. The number of rotatable bonds is 5. The Kier molecular flexibility index (Phi) is 4.52. The first-order valence-electron chi connectivity index (χ1n) is 6.42. The molecular weight excluding hydrogens is 293 g/mol. The van der Waals surface area contributed by atoms with Crippen molar-refractivity contribution in [3.8, 4) is 5.69 Å². The molecule has 0 saturated carbocycles. The predicted octanol–water partition coefficient (Wildman–Crippen LogP) is 0.575. The maximum absolute atomic E-state index is 14.3. The van der Waals surface area contributed by atoms with Crippen molar-refractivity contribution in [3.05, 3.63) is 48.0 Å². The van der Waals surface area contributed by atoms with Gasteiger partial charge in [0, 0.05) is 0 Å². The Bertz CT molecular complexity index is 685. The van der Waals surface area contributed by atoms with Crippen molar-refractivity contribution in [2.24, 2.45) is 0 Å². The van der Waals surface area contributed by atoms with Crippen LogP contribution in [0.25, 0.3) is 5.69 Å². The molecule has 0 aliphatic rings. The fourth-order valence-electron chi connectivity index (χ4n) is 1.84. The zero-order valence-corrected chi connectivity index (χ0v) is 11.6. The first-order valence-corrected chi connectivity index (χ1v) is 6.42. The molecule has 7 nitrogen and oxygen atoms in total. The van der Waals surface area contributed by atoms with Crippen LogP contribution in [-0.4, -0.2) is 44.0 Å². The number of carbonyl (C=O) groups excluding carboxylic acids is 1. The van der Waals surface area contributed by atoms with Crippen molar-refractivity contribution < 1.29 is 24.2 Å². The van der Waals surface area contributed by atoms with Crippen LogP contribution in [0.1, 0.15) is 17.3 Å². The summed E-state index contributed by atoms with van der Waals surface area (Å²) in [5.74, 6) is -3.30. The van der Waals surface area contributed by atoms with E-state index in [1.54, 1.807) is 30.3 Å². The maximum atomic E-state index is 14.3. The third-order valence-electron chi connectivity index (χ3n) is 2.99. The van der Waals surface area contributed by atoms with Crippen LogP contribution < -0.4 is 5.32 Å². The Balaban J connectivity index is 2.25. The minimum Gasteiger partial charge on any atom is -0.480 e.